The monoisotopic (exact) mass is 382 g/mol. The molecule has 2 heteroatoms. The van der Waals surface area contributed by atoms with Gasteiger partial charge in [0.25, 0.3) is 0 Å². The van der Waals surface area contributed by atoms with E-state index in [0.29, 0.717) is 0 Å². The molecule has 0 bridgehead atoms. The van der Waals surface area contributed by atoms with Gasteiger partial charge in [0.2, 0.25) is 0 Å². The number of nitrogens with zero attached hydrogens (tertiary/aromatic N) is 2. The summed E-state index contributed by atoms with van der Waals surface area (Å²) >= 11 is 0. The zero-order valence-corrected chi connectivity index (χ0v) is 16.3. The summed E-state index contributed by atoms with van der Waals surface area (Å²) in [6.07, 6.45) is 1.83. The van der Waals surface area contributed by atoms with Crippen LogP contribution in [0.5, 0.6) is 0 Å². The molecule has 0 atom stereocenters. The Hall–Kier alpha value is -4.04. The van der Waals surface area contributed by atoms with E-state index < -0.39 is 0 Å². The summed E-state index contributed by atoms with van der Waals surface area (Å²) in [4.78, 5) is 9.59. The van der Waals surface area contributed by atoms with Crippen LogP contribution < -0.4 is 0 Å². The predicted octanol–water partition coefficient (Wildman–Crippen LogP) is 7.27. The van der Waals surface area contributed by atoms with Gasteiger partial charge in [-0.15, -0.1) is 0 Å². The highest BCUT2D eigenvalue weighted by Crippen LogP contribution is 2.32. The van der Waals surface area contributed by atoms with Crippen LogP contribution in [0, 0.1) is 0 Å². The normalized spacial score (nSPS) is 11.3. The molecule has 2 aromatic heterocycles. The van der Waals surface area contributed by atoms with Crippen LogP contribution in [0.3, 0.4) is 0 Å². The van der Waals surface area contributed by atoms with Crippen molar-refractivity contribution in [2.75, 3.05) is 0 Å². The Labute approximate surface area is 174 Å². The first-order chi connectivity index (χ1) is 14.9. The summed E-state index contributed by atoms with van der Waals surface area (Å²) in [6, 6.07) is 36.1. The van der Waals surface area contributed by atoms with Gasteiger partial charge in [0.05, 0.1) is 16.7 Å². The summed E-state index contributed by atoms with van der Waals surface area (Å²) < 4.78 is 0. The zero-order chi connectivity index (χ0) is 19.9. The molecule has 30 heavy (non-hydrogen) atoms. The van der Waals surface area contributed by atoms with E-state index in [-0.39, 0.29) is 0 Å². The third kappa shape index (κ3) is 2.73. The van der Waals surface area contributed by atoms with Gasteiger partial charge in [-0.3, -0.25) is 4.98 Å². The molecule has 0 unspecified atom stereocenters. The van der Waals surface area contributed by atoms with Gasteiger partial charge in [-0.1, -0.05) is 84.9 Å². The van der Waals surface area contributed by atoms with Gasteiger partial charge >= 0.3 is 0 Å². The van der Waals surface area contributed by atoms with Crippen LogP contribution in [-0.4, -0.2) is 9.97 Å². The van der Waals surface area contributed by atoms with Crippen LogP contribution in [-0.2, 0) is 0 Å². The number of hydrogen-bond donors (Lipinski definition) is 0. The first-order valence-corrected chi connectivity index (χ1v) is 10.1. The molecule has 0 radical (unpaired) electrons. The lowest BCUT2D eigenvalue weighted by molar-refractivity contribution is 1.37. The van der Waals surface area contributed by atoms with Crippen LogP contribution in [0.1, 0.15) is 0 Å². The molecule has 0 amide bonds. The predicted molar refractivity (Wildman–Crippen MR) is 125 cm³/mol. The number of rotatable bonds is 2. The molecule has 4 aromatic carbocycles. The van der Waals surface area contributed by atoms with Crippen molar-refractivity contribution < 1.29 is 0 Å². The van der Waals surface area contributed by atoms with Crippen molar-refractivity contribution in [3.05, 3.63) is 109 Å². The second-order valence-corrected chi connectivity index (χ2v) is 7.52. The van der Waals surface area contributed by atoms with Crippen molar-refractivity contribution >= 4 is 32.6 Å². The van der Waals surface area contributed by atoms with Gasteiger partial charge < -0.3 is 0 Å². The fourth-order valence-corrected chi connectivity index (χ4v) is 4.21. The van der Waals surface area contributed by atoms with Gasteiger partial charge in [0, 0.05) is 22.5 Å². The molecular weight excluding hydrogens is 364 g/mol. The minimum Gasteiger partial charge on any atom is -0.254 e. The second kappa shape index (κ2) is 6.78. The average Bonchev–Trinajstić information content (AvgIpc) is 2.83. The molecule has 0 N–H and O–H groups in total. The molecule has 2 heterocycles. The van der Waals surface area contributed by atoms with Gasteiger partial charge in [-0.25, -0.2) is 4.98 Å². The van der Waals surface area contributed by atoms with Crippen LogP contribution in [0.25, 0.3) is 55.0 Å². The largest absolute Gasteiger partial charge is 0.254 e. The number of fused-ring (bicyclic) bond motifs is 4. The zero-order valence-electron chi connectivity index (χ0n) is 16.3. The van der Waals surface area contributed by atoms with E-state index in [4.69, 9.17) is 4.98 Å². The molecule has 0 saturated carbocycles. The van der Waals surface area contributed by atoms with E-state index in [2.05, 4.69) is 102 Å². The highest BCUT2D eigenvalue weighted by Gasteiger charge is 2.08. The quantitative estimate of drug-likeness (QED) is 0.294. The van der Waals surface area contributed by atoms with Crippen molar-refractivity contribution in [2.24, 2.45) is 0 Å². The smallest absolute Gasteiger partial charge is 0.0972 e. The Bertz CT molecular complexity index is 1540. The first-order valence-electron chi connectivity index (χ1n) is 10.1. The van der Waals surface area contributed by atoms with E-state index in [9.17, 15) is 0 Å². The SMILES string of the molecule is c1cc(-c2ccc3ccc4cccnc4c3n2)cc(-c2cccc3ccccc23)c1. The molecule has 0 aliphatic rings. The lowest BCUT2D eigenvalue weighted by atomic mass is 9.96. The maximum absolute atomic E-state index is 5.01. The standard InChI is InChI=1S/C28H18N2/c1-2-11-24-19(6-1)7-4-12-25(24)22-8-3-9-23(18-22)26-16-15-21-14-13-20-10-5-17-29-27(20)28(21)30-26/h1-18H. The molecular formula is C28H18N2. The maximum atomic E-state index is 5.01. The van der Waals surface area contributed by atoms with Crippen molar-refractivity contribution in [3.8, 4) is 22.4 Å². The van der Waals surface area contributed by atoms with Crippen LogP contribution >= 0.6 is 0 Å². The fraction of sp³-hybridized carbons (Fsp3) is 0. The molecule has 0 spiro atoms. The summed E-state index contributed by atoms with van der Waals surface area (Å²) in [6.45, 7) is 0. The van der Waals surface area contributed by atoms with Crippen LogP contribution in [0.15, 0.2) is 109 Å². The molecule has 0 aliphatic heterocycles. The average molecular weight is 382 g/mol. The number of aromatic nitrogens is 2. The molecule has 6 rings (SSSR count). The third-order valence-corrected chi connectivity index (χ3v) is 5.69. The molecule has 0 fully saturated rings. The molecule has 0 saturated heterocycles. The van der Waals surface area contributed by atoms with Crippen LogP contribution in [0.4, 0.5) is 0 Å². The molecule has 2 nitrogen and oxygen atoms in total. The minimum atomic E-state index is 0.946. The summed E-state index contributed by atoms with van der Waals surface area (Å²) in [7, 11) is 0. The Balaban J connectivity index is 1.53. The Morgan fingerprint density at radius 2 is 1.23 bits per heavy atom. The number of pyridine rings is 2. The van der Waals surface area contributed by atoms with Gasteiger partial charge in [0.1, 0.15) is 0 Å². The van der Waals surface area contributed by atoms with Gasteiger partial charge in [-0.05, 0) is 40.1 Å². The highest BCUT2D eigenvalue weighted by atomic mass is 14.7. The van der Waals surface area contributed by atoms with E-state index >= 15 is 0 Å². The lowest BCUT2D eigenvalue weighted by Gasteiger charge is -2.10. The van der Waals surface area contributed by atoms with Crippen molar-refractivity contribution in [1.29, 1.82) is 0 Å². The van der Waals surface area contributed by atoms with E-state index in [1.165, 1.54) is 21.9 Å². The molecule has 140 valence electrons. The molecule has 6 aromatic rings. The summed E-state index contributed by atoms with van der Waals surface area (Å²) in [5.74, 6) is 0. The Morgan fingerprint density at radius 1 is 0.500 bits per heavy atom. The Kier molecular flexibility index (Phi) is 3.82. The van der Waals surface area contributed by atoms with Gasteiger partial charge in [0.15, 0.2) is 0 Å². The first kappa shape index (κ1) is 16.9. The summed E-state index contributed by atoms with van der Waals surface area (Å²) in [5, 5.41) is 4.73. The van der Waals surface area contributed by atoms with Crippen molar-refractivity contribution in [2.45, 2.75) is 0 Å². The minimum absolute atomic E-state index is 0.946. The van der Waals surface area contributed by atoms with Gasteiger partial charge in [-0.2, -0.15) is 0 Å². The third-order valence-electron chi connectivity index (χ3n) is 5.69. The van der Waals surface area contributed by atoms with Crippen LogP contribution in [0.2, 0.25) is 0 Å². The van der Waals surface area contributed by atoms with Crippen molar-refractivity contribution in [1.82, 2.24) is 9.97 Å². The highest BCUT2D eigenvalue weighted by molar-refractivity contribution is 6.03. The van der Waals surface area contributed by atoms with E-state index in [0.717, 1.165) is 33.1 Å². The van der Waals surface area contributed by atoms with Crippen molar-refractivity contribution in [3.63, 3.8) is 0 Å². The van der Waals surface area contributed by atoms with E-state index in [1.54, 1.807) is 0 Å². The summed E-state index contributed by atoms with van der Waals surface area (Å²) in [5.41, 5.74) is 6.39. The second-order valence-electron chi connectivity index (χ2n) is 7.52. The lowest BCUT2D eigenvalue weighted by Crippen LogP contribution is -1.89. The number of benzene rings is 4. The number of hydrogen-bond acceptors (Lipinski definition) is 2. The van der Waals surface area contributed by atoms with E-state index in [1.807, 2.05) is 12.3 Å². The fourth-order valence-electron chi connectivity index (χ4n) is 4.21. The topological polar surface area (TPSA) is 25.8 Å². The Morgan fingerprint density at radius 3 is 2.20 bits per heavy atom. The molecule has 0 aliphatic carbocycles. The maximum Gasteiger partial charge on any atom is 0.0972 e.